The van der Waals surface area contributed by atoms with E-state index in [0.29, 0.717) is 10.0 Å². The third-order valence-corrected chi connectivity index (χ3v) is 3.64. The fraction of sp³-hybridized carbons (Fsp3) is 0.538. The third-order valence-electron chi connectivity index (χ3n) is 3.10. The predicted octanol–water partition coefficient (Wildman–Crippen LogP) is 3.89. The smallest absolute Gasteiger partial charge is 0.0652 e. The Labute approximate surface area is 113 Å². The van der Waals surface area contributed by atoms with Crippen LogP contribution in [0.1, 0.15) is 19.3 Å². The van der Waals surface area contributed by atoms with E-state index >= 15 is 0 Å². The highest BCUT2D eigenvalue weighted by molar-refractivity contribution is 6.36. The number of nitrogens with zero attached hydrogens (tertiary/aromatic N) is 1. The highest BCUT2D eigenvalue weighted by Crippen LogP contribution is 2.25. The van der Waals surface area contributed by atoms with Crippen molar-refractivity contribution in [3.8, 4) is 0 Å². The van der Waals surface area contributed by atoms with Crippen LogP contribution in [-0.4, -0.2) is 31.1 Å². The SMILES string of the molecule is Clc1ccc(NCCCN2CCCC2)c(Cl)c1. The van der Waals surface area contributed by atoms with E-state index in [1.807, 2.05) is 12.1 Å². The fourth-order valence-corrected chi connectivity index (χ4v) is 2.64. The van der Waals surface area contributed by atoms with Gasteiger partial charge < -0.3 is 10.2 Å². The second kappa shape index (κ2) is 6.48. The van der Waals surface area contributed by atoms with Gasteiger partial charge in [-0.3, -0.25) is 0 Å². The lowest BCUT2D eigenvalue weighted by molar-refractivity contribution is 0.337. The van der Waals surface area contributed by atoms with Gasteiger partial charge in [0.15, 0.2) is 0 Å². The van der Waals surface area contributed by atoms with Crippen LogP contribution in [0.2, 0.25) is 10.0 Å². The maximum absolute atomic E-state index is 6.08. The van der Waals surface area contributed by atoms with Crippen LogP contribution >= 0.6 is 23.2 Å². The molecule has 0 bridgehead atoms. The summed E-state index contributed by atoms with van der Waals surface area (Å²) in [4.78, 5) is 2.52. The van der Waals surface area contributed by atoms with E-state index in [2.05, 4.69) is 10.2 Å². The van der Waals surface area contributed by atoms with Crippen molar-refractivity contribution in [2.75, 3.05) is 31.5 Å². The molecule has 2 rings (SSSR count). The van der Waals surface area contributed by atoms with E-state index in [9.17, 15) is 0 Å². The quantitative estimate of drug-likeness (QED) is 0.819. The average Bonchev–Trinajstić information content (AvgIpc) is 2.79. The van der Waals surface area contributed by atoms with Crippen molar-refractivity contribution in [2.45, 2.75) is 19.3 Å². The Hall–Kier alpha value is -0.440. The van der Waals surface area contributed by atoms with E-state index in [4.69, 9.17) is 23.2 Å². The molecule has 1 aliphatic heterocycles. The number of anilines is 1. The van der Waals surface area contributed by atoms with Crippen LogP contribution in [0.3, 0.4) is 0 Å². The number of hydrogen-bond donors (Lipinski definition) is 1. The summed E-state index contributed by atoms with van der Waals surface area (Å²) in [5.41, 5.74) is 0.970. The molecule has 0 amide bonds. The minimum atomic E-state index is 0.678. The van der Waals surface area contributed by atoms with Crippen molar-refractivity contribution in [3.05, 3.63) is 28.2 Å². The lowest BCUT2D eigenvalue weighted by atomic mass is 10.3. The van der Waals surface area contributed by atoms with Crippen molar-refractivity contribution in [1.29, 1.82) is 0 Å². The third kappa shape index (κ3) is 4.06. The van der Waals surface area contributed by atoms with Gasteiger partial charge in [-0.05, 0) is 57.1 Å². The molecular weight excluding hydrogens is 255 g/mol. The first-order valence-corrected chi connectivity index (χ1v) is 6.92. The normalized spacial score (nSPS) is 16.4. The van der Waals surface area contributed by atoms with Gasteiger partial charge in [0.2, 0.25) is 0 Å². The summed E-state index contributed by atoms with van der Waals surface area (Å²) in [5.74, 6) is 0. The highest BCUT2D eigenvalue weighted by Gasteiger charge is 2.10. The number of rotatable bonds is 5. The second-order valence-electron chi connectivity index (χ2n) is 4.45. The number of likely N-dealkylation sites (tertiary alicyclic amines) is 1. The molecule has 1 aromatic rings. The summed E-state index contributed by atoms with van der Waals surface area (Å²) in [5, 5.41) is 4.72. The molecule has 1 N–H and O–H groups in total. The Morgan fingerprint density at radius 2 is 1.94 bits per heavy atom. The molecule has 2 nitrogen and oxygen atoms in total. The van der Waals surface area contributed by atoms with Crippen molar-refractivity contribution in [1.82, 2.24) is 4.90 Å². The van der Waals surface area contributed by atoms with Gasteiger partial charge in [-0.2, -0.15) is 0 Å². The summed E-state index contributed by atoms with van der Waals surface area (Å²) in [6, 6.07) is 5.56. The molecule has 4 heteroatoms. The lowest BCUT2D eigenvalue weighted by Gasteiger charge is -2.15. The van der Waals surface area contributed by atoms with Gasteiger partial charge in [-0.1, -0.05) is 23.2 Å². The van der Waals surface area contributed by atoms with Crippen LogP contribution < -0.4 is 5.32 Å². The van der Waals surface area contributed by atoms with E-state index < -0.39 is 0 Å². The van der Waals surface area contributed by atoms with Crippen LogP contribution in [0.4, 0.5) is 5.69 Å². The van der Waals surface area contributed by atoms with Crippen LogP contribution in [0, 0.1) is 0 Å². The molecule has 0 spiro atoms. The Bertz CT molecular complexity index is 362. The summed E-state index contributed by atoms with van der Waals surface area (Å²) < 4.78 is 0. The lowest BCUT2D eigenvalue weighted by Crippen LogP contribution is -2.22. The zero-order chi connectivity index (χ0) is 12.1. The first kappa shape index (κ1) is 13.0. The highest BCUT2D eigenvalue weighted by atomic mass is 35.5. The summed E-state index contributed by atoms with van der Waals surface area (Å²) in [6.07, 6.45) is 3.87. The molecule has 0 aromatic heterocycles. The zero-order valence-corrected chi connectivity index (χ0v) is 11.4. The Morgan fingerprint density at radius 3 is 2.65 bits per heavy atom. The minimum absolute atomic E-state index is 0.678. The summed E-state index contributed by atoms with van der Waals surface area (Å²) >= 11 is 11.9. The molecule has 0 radical (unpaired) electrons. The number of hydrogen-bond acceptors (Lipinski definition) is 2. The van der Waals surface area contributed by atoms with E-state index in [-0.39, 0.29) is 0 Å². The van der Waals surface area contributed by atoms with Gasteiger partial charge in [0.25, 0.3) is 0 Å². The van der Waals surface area contributed by atoms with E-state index in [1.165, 1.54) is 32.5 Å². The molecule has 94 valence electrons. The molecule has 0 atom stereocenters. The topological polar surface area (TPSA) is 15.3 Å². The van der Waals surface area contributed by atoms with Crippen LogP contribution in [0.5, 0.6) is 0 Å². The molecule has 0 aliphatic carbocycles. The fourth-order valence-electron chi connectivity index (χ4n) is 2.16. The van der Waals surface area contributed by atoms with Gasteiger partial charge in [0.05, 0.1) is 10.7 Å². The Balaban J connectivity index is 1.70. The van der Waals surface area contributed by atoms with Crippen molar-refractivity contribution in [2.24, 2.45) is 0 Å². The molecule has 17 heavy (non-hydrogen) atoms. The molecule has 0 unspecified atom stereocenters. The maximum atomic E-state index is 6.08. The number of benzene rings is 1. The number of halogens is 2. The van der Waals surface area contributed by atoms with Crippen LogP contribution in [0.25, 0.3) is 0 Å². The summed E-state index contributed by atoms with van der Waals surface area (Å²) in [7, 11) is 0. The van der Waals surface area contributed by atoms with Crippen molar-refractivity contribution >= 4 is 28.9 Å². The monoisotopic (exact) mass is 272 g/mol. The van der Waals surface area contributed by atoms with E-state index in [0.717, 1.165) is 18.7 Å². The Kier molecular flexibility index (Phi) is 4.96. The molecule has 1 fully saturated rings. The summed E-state index contributed by atoms with van der Waals surface area (Å²) in [6.45, 7) is 4.67. The van der Waals surface area contributed by atoms with Crippen LogP contribution in [-0.2, 0) is 0 Å². The molecule has 1 aliphatic rings. The molecule has 1 heterocycles. The van der Waals surface area contributed by atoms with Gasteiger partial charge in [0.1, 0.15) is 0 Å². The van der Waals surface area contributed by atoms with Gasteiger partial charge in [0, 0.05) is 11.6 Å². The van der Waals surface area contributed by atoms with Crippen molar-refractivity contribution < 1.29 is 0 Å². The molecule has 1 aromatic carbocycles. The van der Waals surface area contributed by atoms with E-state index in [1.54, 1.807) is 6.07 Å². The standard InChI is InChI=1S/C13H18Cl2N2/c14-11-4-5-13(12(15)10-11)16-6-3-9-17-7-1-2-8-17/h4-5,10,16H,1-3,6-9H2. The number of nitrogens with one attached hydrogen (secondary N) is 1. The molecule has 0 saturated carbocycles. The first-order valence-electron chi connectivity index (χ1n) is 6.17. The molecular formula is C13H18Cl2N2. The maximum Gasteiger partial charge on any atom is 0.0652 e. The first-order chi connectivity index (χ1) is 8.25. The van der Waals surface area contributed by atoms with Gasteiger partial charge in [-0.25, -0.2) is 0 Å². The predicted molar refractivity (Wildman–Crippen MR) is 75.2 cm³/mol. The minimum Gasteiger partial charge on any atom is -0.384 e. The largest absolute Gasteiger partial charge is 0.384 e. The van der Waals surface area contributed by atoms with Gasteiger partial charge >= 0.3 is 0 Å². The van der Waals surface area contributed by atoms with Gasteiger partial charge in [-0.15, -0.1) is 0 Å². The van der Waals surface area contributed by atoms with Crippen LogP contribution in [0.15, 0.2) is 18.2 Å². The van der Waals surface area contributed by atoms with Crippen molar-refractivity contribution in [3.63, 3.8) is 0 Å². The average molecular weight is 273 g/mol. The second-order valence-corrected chi connectivity index (χ2v) is 5.30. The Morgan fingerprint density at radius 1 is 1.18 bits per heavy atom. The molecule has 1 saturated heterocycles. The zero-order valence-electron chi connectivity index (χ0n) is 9.88.